The molecule has 2 N–H and O–H groups in total. The van der Waals surface area contributed by atoms with Crippen molar-refractivity contribution in [2.75, 3.05) is 6.61 Å². The Bertz CT molecular complexity index is 879. The number of benzene rings is 1. The third kappa shape index (κ3) is 2.97. The Labute approximate surface area is 133 Å². The first kappa shape index (κ1) is 16.0. The van der Waals surface area contributed by atoms with Crippen LogP contribution in [0.1, 0.15) is 35.9 Å². The Hall–Kier alpha value is -1.90. The first-order valence-electron chi connectivity index (χ1n) is 7.22. The van der Waals surface area contributed by atoms with E-state index in [9.17, 15) is 18.3 Å². The molecule has 0 spiro atoms. The van der Waals surface area contributed by atoms with E-state index in [1.54, 1.807) is 13.8 Å². The average Bonchev–Trinajstić information content (AvgIpc) is 3.09. The van der Waals surface area contributed by atoms with Crippen LogP contribution in [-0.2, 0) is 14.8 Å². The number of nitrogens with one attached hydrogen (secondary N) is 1. The fraction of sp³-hybridized carbons (Fsp3) is 0.400. The van der Waals surface area contributed by atoms with Crippen LogP contribution < -0.4 is 4.72 Å². The lowest BCUT2D eigenvalue weighted by Gasteiger charge is -2.11. The first-order chi connectivity index (χ1) is 10.8. The second-order valence-electron chi connectivity index (χ2n) is 5.57. The Morgan fingerprint density at radius 2 is 2.13 bits per heavy atom. The van der Waals surface area contributed by atoms with Gasteiger partial charge in [-0.05, 0) is 44.9 Å². The number of rotatable bonds is 5. The van der Waals surface area contributed by atoms with E-state index in [0.717, 1.165) is 0 Å². The lowest BCUT2D eigenvalue weighted by molar-refractivity contribution is 0.0491. The van der Waals surface area contributed by atoms with Gasteiger partial charge in [-0.2, -0.15) is 4.72 Å². The smallest absolute Gasteiger partial charge is 0.374 e. The number of aliphatic hydroxyl groups is 1. The predicted octanol–water partition coefficient (Wildman–Crippen LogP) is 1.68. The minimum absolute atomic E-state index is 0.00429. The van der Waals surface area contributed by atoms with Gasteiger partial charge < -0.3 is 14.3 Å². The van der Waals surface area contributed by atoms with E-state index in [4.69, 9.17) is 9.15 Å². The van der Waals surface area contributed by atoms with Crippen molar-refractivity contribution < 1.29 is 27.5 Å². The van der Waals surface area contributed by atoms with E-state index < -0.39 is 21.7 Å². The second kappa shape index (κ2) is 5.33. The van der Waals surface area contributed by atoms with Crippen LogP contribution in [0.5, 0.6) is 0 Å². The van der Waals surface area contributed by atoms with Gasteiger partial charge in [0.15, 0.2) is 0 Å². The molecule has 1 aromatic carbocycles. The van der Waals surface area contributed by atoms with Crippen molar-refractivity contribution in [1.29, 1.82) is 0 Å². The molecule has 0 aliphatic heterocycles. The molecule has 2 aromatic rings. The SMILES string of the molecule is CCOC(=O)c1oc2ccc(S(=O)(=O)NC3(O)CC3)cc2c1C. The van der Waals surface area contributed by atoms with Gasteiger partial charge in [0.25, 0.3) is 0 Å². The Morgan fingerprint density at radius 1 is 1.43 bits per heavy atom. The van der Waals surface area contributed by atoms with Gasteiger partial charge >= 0.3 is 5.97 Å². The number of aryl methyl sites for hydroxylation is 1. The lowest BCUT2D eigenvalue weighted by atomic mass is 10.1. The zero-order valence-electron chi connectivity index (χ0n) is 12.8. The van der Waals surface area contributed by atoms with Crippen LogP contribution in [0.4, 0.5) is 0 Å². The summed E-state index contributed by atoms with van der Waals surface area (Å²) in [6, 6.07) is 4.27. The maximum Gasteiger partial charge on any atom is 0.374 e. The molecule has 0 amide bonds. The molecule has 124 valence electrons. The summed E-state index contributed by atoms with van der Waals surface area (Å²) in [5.74, 6) is -0.527. The molecule has 1 aliphatic rings. The minimum Gasteiger partial charge on any atom is -0.460 e. The molecule has 1 fully saturated rings. The van der Waals surface area contributed by atoms with Crippen LogP contribution in [0.2, 0.25) is 0 Å². The van der Waals surface area contributed by atoms with Crippen molar-refractivity contribution in [2.24, 2.45) is 0 Å². The van der Waals surface area contributed by atoms with Crippen molar-refractivity contribution >= 4 is 27.0 Å². The summed E-state index contributed by atoms with van der Waals surface area (Å²) < 4.78 is 37.2. The molecule has 1 heterocycles. The fourth-order valence-electron chi connectivity index (χ4n) is 2.29. The van der Waals surface area contributed by atoms with E-state index in [-0.39, 0.29) is 17.3 Å². The van der Waals surface area contributed by atoms with Crippen LogP contribution in [0.15, 0.2) is 27.5 Å². The summed E-state index contributed by atoms with van der Waals surface area (Å²) in [5, 5.41) is 10.3. The second-order valence-corrected chi connectivity index (χ2v) is 7.25. The normalized spacial score (nSPS) is 16.5. The first-order valence-corrected chi connectivity index (χ1v) is 8.71. The summed E-state index contributed by atoms with van der Waals surface area (Å²) in [5.41, 5.74) is -0.426. The van der Waals surface area contributed by atoms with E-state index in [1.807, 2.05) is 0 Å². The quantitative estimate of drug-likeness (QED) is 0.634. The fourth-order valence-corrected chi connectivity index (χ4v) is 3.63. The molecule has 0 bridgehead atoms. The van der Waals surface area contributed by atoms with Gasteiger partial charge in [0, 0.05) is 10.9 Å². The molecule has 1 aliphatic carbocycles. The van der Waals surface area contributed by atoms with Crippen molar-refractivity contribution in [3.8, 4) is 0 Å². The summed E-state index contributed by atoms with van der Waals surface area (Å²) in [4.78, 5) is 11.8. The van der Waals surface area contributed by atoms with Gasteiger partial charge in [-0.25, -0.2) is 13.2 Å². The molecule has 0 radical (unpaired) electrons. The molecule has 0 atom stereocenters. The molecule has 23 heavy (non-hydrogen) atoms. The molecule has 8 heteroatoms. The van der Waals surface area contributed by atoms with Crippen LogP contribution in [0, 0.1) is 6.92 Å². The summed E-state index contributed by atoms with van der Waals surface area (Å²) >= 11 is 0. The number of carbonyl (C=O) groups is 1. The number of fused-ring (bicyclic) bond motifs is 1. The average molecular weight is 339 g/mol. The van der Waals surface area contributed by atoms with Crippen molar-refractivity contribution in [3.05, 3.63) is 29.5 Å². The number of ether oxygens (including phenoxy) is 1. The van der Waals surface area contributed by atoms with Crippen LogP contribution >= 0.6 is 0 Å². The maximum absolute atomic E-state index is 12.3. The largest absolute Gasteiger partial charge is 0.460 e. The standard InChI is InChI=1S/C15H17NO6S/c1-3-21-14(17)13-9(2)11-8-10(4-5-12(11)22-13)23(19,20)16-15(18)6-7-15/h4-5,8,16,18H,3,6-7H2,1-2H3. The van der Waals surface area contributed by atoms with Crippen molar-refractivity contribution in [2.45, 2.75) is 37.3 Å². The highest BCUT2D eigenvalue weighted by Gasteiger charge is 2.44. The van der Waals surface area contributed by atoms with Crippen molar-refractivity contribution in [1.82, 2.24) is 4.72 Å². The lowest BCUT2D eigenvalue weighted by Crippen LogP contribution is -2.36. The minimum atomic E-state index is -3.84. The monoisotopic (exact) mass is 339 g/mol. The van der Waals surface area contributed by atoms with Crippen molar-refractivity contribution in [3.63, 3.8) is 0 Å². The highest BCUT2D eigenvalue weighted by atomic mass is 32.2. The molecule has 0 unspecified atom stereocenters. The molecule has 0 saturated heterocycles. The summed E-state index contributed by atoms with van der Waals surface area (Å²) in [7, 11) is -3.84. The highest BCUT2D eigenvalue weighted by molar-refractivity contribution is 7.89. The van der Waals surface area contributed by atoms with Gasteiger partial charge in [-0.15, -0.1) is 0 Å². The predicted molar refractivity (Wildman–Crippen MR) is 81.4 cm³/mol. The summed E-state index contributed by atoms with van der Waals surface area (Å²) in [6.45, 7) is 3.57. The molecule has 1 saturated carbocycles. The Morgan fingerprint density at radius 3 is 2.74 bits per heavy atom. The van der Waals surface area contributed by atoms with Gasteiger partial charge in [-0.1, -0.05) is 0 Å². The van der Waals surface area contributed by atoms with Gasteiger partial charge in [-0.3, -0.25) is 0 Å². The van der Waals surface area contributed by atoms with E-state index >= 15 is 0 Å². The molecule has 7 nitrogen and oxygen atoms in total. The van der Waals surface area contributed by atoms with Gasteiger partial charge in [0.2, 0.25) is 15.8 Å². The number of hydrogen-bond acceptors (Lipinski definition) is 6. The number of carbonyl (C=O) groups excluding carboxylic acids is 1. The van der Waals surface area contributed by atoms with Crippen LogP contribution in [-0.4, -0.2) is 31.8 Å². The van der Waals surface area contributed by atoms with E-state index in [0.29, 0.717) is 29.4 Å². The van der Waals surface area contributed by atoms with Gasteiger partial charge in [0.1, 0.15) is 11.3 Å². The maximum atomic E-state index is 12.3. The number of hydrogen-bond donors (Lipinski definition) is 2. The molecule has 1 aromatic heterocycles. The topological polar surface area (TPSA) is 106 Å². The molecule has 3 rings (SSSR count). The third-order valence-corrected chi connectivity index (χ3v) is 5.25. The van der Waals surface area contributed by atoms with Crippen LogP contribution in [0.25, 0.3) is 11.0 Å². The van der Waals surface area contributed by atoms with E-state index in [2.05, 4.69) is 4.72 Å². The Balaban J connectivity index is 2.02. The molecular formula is C15H17NO6S. The zero-order chi connectivity index (χ0) is 16.8. The summed E-state index contributed by atoms with van der Waals surface area (Å²) in [6.07, 6.45) is 0.790. The number of furan rings is 1. The zero-order valence-corrected chi connectivity index (χ0v) is 13.6. The number of esters is 1. The number of sulfonamides is 1. The highest BCUT2D eigenvalue weighted by Crippen LogP contribution is 2.34. The van der Waals surface area contributed by atoms with Crippen LogP contribution in [0.3, 0.4) is 0 Å². The Kier molecular flexibility index (Phi) is 3.70. The molecular weight excluding hydrogens is 322 g/mol. The van der Waals surface area contributed by atoms with E-state index in [1.165, 1.54) is 18.2 Å². The van der Waals surface area contributed by atoms with Gasteiger partial charge in [0.05, 0.1) is 11.5 Å². The third-order valence-electron chi connectivity index (χ3n) is 3.73.